The van der Waals surface area contributed by atoms with Crippen molar-refractivity contribution >= 4 is 17.5 Å². The average Bonchev–Trinajstić information content (AvgIpc) is 2.53. The summed E-state index contributed by atoms with van der Waals surface area (Å²) in [5.74, 6) is -1.63. The molecule has 1 N–H and O–H groups in total. The Labute approximate surface area is 144 Å². The molecule has 0 spiro atoms. The fraction of sp³-hybridized carbons (Fsp3) is 0.278. The quantitative estimate of drug-likeness (QED) is 0.812. The first-order valence-electron chi connectivity index (χ1n) is 7.56. The molecule has 2 aromatic rings. The maximum Gasteiger partial charge on any atom is 0.220 e. The highest BCUT2D eigenvalue weighted by Crippen LogP contribution is 2.18. The fourth-order valence-electron chi connectivity index (χ4n) is 2.15. The Morgan fingerprint density at radius 1 is 1.25 bits per heavy atom. The van der Waals surface area contributed by atoms with E-state index in [0.717, 1.165) is 17.7 Å². The van der Waals surface area contributed by atoms with Crippen LogP contribution in [-0.4, -0.2) is 18.6 Å². The molecule has 0 heterocycles. The molecular formula is C18H18ClF2NO2. The van der Waals surface area contributed by atoms with E-state index < -0.39 is 11.6 Å². The van der Waals surface area contributed by atoms with E-state index in [4.69, 9.17) is 16.3 Å². The van der Waals surface area contributed by atoms with Crippen LogP contribution in [0.25, 0.3) is 0 Å². The topological polar surface area (TPSA) is 38.3 Å². The summed E-state index contributed by atoms with van der Waals surface area (Å²) in [6, 6.07) is 10.1. The second-order valence-corrected chi connectivity index (χ2v) is 5.85. The molecule has 2 rings (SSSR count). The summed E-state index contributed by atoms with van der Waals surface area (Å²) in [7, 11) is 0. The zero-order valence-electron chi connectivity index (χ0n) is 13.2. The van der Waals surface area contributed by atoms with Gasteiger partial charge in [-0.3, -0.25) is 4.79 Å². The molecule has 6 heteroatoms. The van der Waals surface area contributed by atoms with Crippen LogP contribution >= 0.6 is 11.6 Å². The average molecular weight is 354 g/mol. The Balaban J connectivity index is 1.76. The van der Waals surface area contributed by atoms with E-state index in [2.05, 4.69) is 5.32 Å². The van der Waals surface area contributed by atoms with Crippen molar-refractivity contribution in [3.63, 3.8) is 0 Å². The molecule has 3 nitrogen and oxygen atoms in total. The molecule has 2 aromatic carbocycles. The fourth-order valence-corrected chi connectivity index (χ4v) is 2.38. The minimum atomic E-state index is -0.771. The summed E-state index contributed by atoms with van der Waals surface area (Å²) in [5, 5.41) is 3.40. The second kappa shape index (κ2) is 8.64. The van der Waals surface area contributed by atoms with Gasteiger partial charge >= 0.3 is 0 Å². The molecule has 0 fully saturated rings. The Kier molecular flexibility index (Phi) is 6.55. The lowest BCUT2D eigenvalue weighted by Gasteiger charge is -2.15. The summed E-state index contributed by atoms with van der Waals surface area (Å²) in [5.41, 5.74) is 0.909. The lowest BCUT2D eigenvalue weighted by molar-refractivity contribution is -0.121. The first-order chi connectivity index (χ1) is 11.5. The highest BCUT2D eigenvalue weighted by Gasteiger charge is 2.11. The number of carbonyl (C=O) groups excluding carboxylic acids is 1. The Hall–Kier alpha value is -2.14. The van der Waals surface area contributed by atoms with E-state index >= 15 is 0 Å². The first kappa shape index (κ1) is 18.2. The van der Waals surface area contributed by atoms with Crippen LogP contribution in [0.3, 0.4) is 0 Å². The zero-order chi connectivity index (χ0) is 17.5. The van der Waals surface area contributed by atoms with Gasteiger partial charge in [0, 0.05) is 17.5 Å². The monoisotopic (exact) mass is 353 g/mol. The number of rotatable bonds is 7. The summed E-state index contributed by atoms with van der Waals surface area (Å²) in [4.78, 5) is 11.9. The maximum atomic E-state index is 13.4. The van der Waals surface area contributed by atoms with Crippen LogP contribution < -0.4 is 10.1 Å². The minimum absolute atomic E-state index is 0.0476. The van der Waals surface area contributed by atoms with Crippen LogP contribution in [0.15, 0.2) is 42.5 Å². The number of ether oxygens (including phenoxy) is 1. The van der Waals surface area contributed by atoms with E-state index in [-0.39, 0.29) is 24.3 Å². The molecule has 0 aromatic heterocycles. The van der Waals surface area contributed by atoms with Gasteiger partial charge < -0.3 is 10.1 Å². The van der Waals surface area contributed by atoms with Gasteiger partial charge in [0.05, 0.1) is 6.04 Å². The summed E-state index contributed by atoms with van der Waals surface area (Å²) < 4.78 is 31.5. The predicted octanol–water partition coefficient (Wildman–Crippen LogP) is 4.13. The highest BCUT2D eigenvalue weighted by molar-refractivity contribution is 6.31. The number of hydrogen-bond donors (Lipinski definition) is 1. The third-order valence-electron chi connectivity index (χ3n) is 3.37. The standard InChI is InChI=1S/C18H18ClF2NO2/c1-12(11-24-17-8-7-14(20)10-16(17)21)22-18(23)9-6-13-4-2-3-5-15(13)19/h2-5,7-8,10,12H,6,9,11H2,1H3,(H,22,23). The van der Waals surface area contributed by atoms with E-state index in [1.165, 1.54) is 6.07 Å². The highest BCUT2D eigenvalue weighted by atomic mass is 35.5. The van der Waals surface area contributed by atoms with Crippen LogP contribution in [-0.2, 0) is 11.2 Å². The third-order valence-corrected chi connectivity index (χ3v) is 3.74. The van der Waals surface area contributed by atoms with Gasteiger partial charge in [0.15, 0.2) is 11.6 Å². The Bertz CT molecular complexity index is 709. The van der Waals surface area contributed by atoms with Crippen molar-refractivity contribution < 1.29 is 18.3 Å². The SMILES string of the molecule is CC(COc1ccc(F)cc1F)NC(=O)CCc1ccccc1Cl. The number of aryl methyl sites for hydroxylation is 1. The molecule has 0 aliphatic rings. The molecule has 0 saturated carbocycles. The molecule has 128 valence electrons. The lowest BCUT2D eigenvalue weighted by atomic mass is 10.1. The number of amides is 1. The van der Waals surface area contributed by atoms with Gasteiger partial charge in [0.25, 0.3) is 0 Å². The van der Waals surface area contributed by atoms with Crippen molar-refractivity contribution in [3.05, 3.63) is 64.7 Å². The largest absolute Gasteiger partial charge is 0.488 e. The Morgan fingerprint density at radius 2 is 2.00 bits per heavy atom. The van der Waals surface area contributed by atoms with Crippen LogP contribution in [0.1, 0.15) is 18.9 Å². The second-order valence-electron chi connectivity index (χ2n) is 5.45. The number of hydrogen-bond acceptors (Lipinski definition) is 2. The number of halogens is 3. The molecular weight excluding hydrogens is 336 g/mol. The Morgan fingerprint density at radius 3 is 2.71 bits per heavy atom. The number of carbonyl (C=O) groups is 1. The van der Waals surface area contributed by atoms with Crippen LogP contribution in [0.5, 0.6) is 5.75 Å². The number of nitrogens with one attached hydrogen (secondary N) is 1. The van der Waals surface area contributed by atoms with Gasteiger partial charge in [-0.15, -0.1) is 0 Å². The van der Waals surface area contributed by atoms with Crippen LogP contribution in [0.2, 0.25) is 5.02 Å². The first-order valence-corrected chi connectivity index (χ1v) is 7.94. The van der Waals surface area contributed by atoms with Gasteiger partial charge in [0.2, 0.25) is 5.91 Å². The van der Waals surface area contributed by atoms with Crippen LogP contribution in [0.4, 0.5) is 8.78 Å². The van der Waals surface area contributed by atoms with Crippen molar-refractivity contribution in [3.8, 4) is 5.75 Å². The molecule has 0 radical (unpaired) electrons. The van der Waals surface area contributed by atoms with Gasteiger partial charge in [0.1, 0.15) is 12.4 Å². The molecule has 0 bridgehead atoms. The van der Waals surface area contributed by atoms with Crippen molar-refractivity contribution in [2.75, 3.05) is 6.61 Å². The zero-order valence-corrected chi connectivity index (χ0v) is 13.9. The smallest absolute Gasteiger partial charge is 0.220 e. The van der Waals surface area contributed by atoms with Gasteiger partial charge in [-0.25, -0.2) is 8.78 Å². The van der Waals surface area contributed by atoms with E-state index in [0.29, 0.717) is 17.9 Å². The van der Waals surface area contributed by atoms with E-state index in [9.17, 15) is 13.6 Å². The molecule has 0 aliphatic heterocycles. The minimum Gasteiger partial charge on any atom is -0.488 e. The number of benzene rings is 2. The van der Waals surface area contributed by atoms with E-state index in [1.807, 2.05) is 18.2 Å². The van der Waals surface area contributed by atoms with Crippen LogP contribution in [0, 0.1) is 11.6 Å². The molecule has 1 atom stereocenters. The van der Waals surface area contributed by atoms with Crippen molar-refractivity contribution in [2.45, 2.75) is 25.8 Å². The summed E-state index contributed by atoms with van der Waals surface area (Å²) in [6.45, 7) is 1.83. The predicted molar refractivity (Wildman–Crippen MR) is 89.2 cm³/mol. The molecule has 1 amide bonds. The molecule has 24 heavy (non-hydrogen) atoms. The van der Waals surface area contributed by atoms with Crippen molar-refractivity contribution in [1.82, 2.24) is 5.32 Å². The normalized spacial score (nSPS) is 11.8. The molecule has 0 saturated heterocycles. The maximum absolute atomic E-state index is 13.4. The lowest BCUT2D eigenvalue weighted by Crippen LogP contribution is -2.37. The summed E-state index contributed by atoms with van der Waals surface area (Å²) >= 11 is 6.04. The summed E-state index contributed by atoms with van der Waals surface area (Å²) in [6.07, 6.45) is 0.824. The van der Waals surface area contributed by atoms with Crippen molar-refractivity contribution in [1.29, 1.82) is 0 Å². The van der Waals surface area contributed by atoms with E-state index in [1.54, 1.807) is 13.0 Å². The molecule has 0 aliphatic carbocycles. The van der Waals surface area contributed by atoms with Crippen molar-refractivity contribution in [2.24, 2.45) is 0 Å². The van der Waals surface area contributed by atoms with Gasteiger partial charge in [-0.1, -0.05) is 29.8 Å². The third kappa shape index (κ3) is 5.49. The van der Waals surface area contributed by atoms with Gasteiger partial charge in [-0.2, -0.15) is 0 Å². The van der Waals surface area contributed by atoms with Gasteiger partial charge in [-0.05, 0) is 37.1 Å². The molecule has 1 unspecified atom stereocenters.